The van der Waals surface area contributed by atoms with Gasteiger partial charge < -0.3 is 35.8 Å². The van der Waals surface area contributed by atoms with Gasteiger partial charge in [0.1, 0.15) is 6.10 Å². The van der Waals surface area contributed by atoms with Gasteiger partial charge in [-0.15, -0.1) is 0 Å². The fraction of sp³-hybridized carbons (Fsp3) is 0.830. The van der Waals surface area contributed by atoms with Crippen LogP contribution in [-0.2, 0) is 28.7 Å². The molecule has 358 valence electrons. The molecule has 4 aliphatic carbocycles. The lowest BCUT2D eigenvalue weighted by Gasteiger charge is -2.58. The smallest absolute Gasteiger partial charge is 0.407 e. The Morgan fingerprint density at radius 1 is 0.683 bits per heavy atom. The number of alkyl carbamates (subject to hydrolysis) is 1. The third kappa shape index (κ3) is 15.7. The first-order chi connectivity index (χ1) is 29.8. The van der Waals surface area contributed by atoms with E-state index in [4.69, 9.17) is 14.9 Å². The molecule has 16 nitrogen and oxygen atoms in total. The summed E-state index contributed by atoms with van der Waals surface area (Å²) in [5.41, 5.74) is 2.15. The maximum absolute atomic E-state index is 12.8. The molecule has 0 spiro atoms. The van der Waals surface area contributed by atoms with Crippen LogP contribution in [0, 0.1) is 46.3 Å². The summed E-state index contributed by atoms with van der Waals surface area (Å²) in [6.45, 7) is 11.0. The summed E-state index contributed by atoms with van der Waals surface area (Å²) in [6, 6.07) is 0. The van der Waals surface area contributed by atoms with Gasteiger partial charge in [0.15, 0.2) is 0 Å². The van der Waals surface area contributed by atoms with Crippen LogP contribution in [-0.4, -0.2) is 149 Å². The Hall–Kier alpha value is -3.76. The Morgan fingerprint density at radius 3 is 1.86 bits per heavy atom. The van der Waals surface area contributed by atoms with Gasteiger partial charge in [0.25, 0.3) is 0 Å². The van der Waals surface area contributed by atoms with Crippen molar-refractivity contribution in [1.82, 2.24) is 25.3 Å². The van der Waals surface area contributed by atoms with Crippen molar-refractivity contribution in [3.8, 4) is 0 Å². The topological polar surface area (TPSA) is 226 Å². The second-order valence-electron chi connectivity index (χ2n) is 20.2. The average molecular weight is 890 g/mol. The molecule has 6 N–H and O–H groups in total. The molecule has 16 heteroatoms. The van der Waals surface area contributed by atoms with E-state index < -0.39 is 62.1 Å². The highest BCUT2D eigenvalue weighted by Gasteiger charge is 2.59. The zero-order valence-corrected chi connectivity index (χ0v) is 38.8. The van der Waals surface area contributed by atoms with E-state index in [-0.39, 0.29) is 44.2 Å². The van der Waals surface area contributed by atoms with E-state index in [2.05, 4.69) is 51.3 Å². The number of carboxylic acids is 4. The van der Waals surface area contributed by atoms with Gasteiger partial charge in [0, 0.05) is 45.7 Å². The van der Waals surface area contributed by atoms with Crippen LogP contribution >= 0.6 is 0 Å². The Balaban J connectivity index is 1.13. The Labute approximate surface area is 374 Å². The number of unbranched alkanes of at least 4 members (excludes halogenated alkanes) is 2. The summed E-state index contributed by atoms with van der Waals surface area (Å²) in [5.74, 6) is -0.465. The highest BCUT2D eigenvalue weighted by Crippen LogP contribution is 2.67. The van der Waals surface area contributed by atoms with Gasteiger partial charge in [0.05, 0.1) is 32.7 Å². The number of fused-ring (bicyclic) bond motifs is 5. The van der Waals surface area contributed by atoms with Gasteiger partial charge in [-0.05, 0) is 111 Å². The molecule has 0 heterocycles. The summed E-state index contributed by atoms with van der Waals surface area (Å²) in [5, 5.41) is 42.6. The Kier molecular flexibility index (Phi) is 20.2. The molecule has 3 fully saturated rings. The Bertz CT molecular complexity index is 1580. The minimum absolute atomic E-state index is 0.0184. The Morgan fingerprint density at radius 2 is 1.25 bits per heavy atom. The number of carboxylic acid groups (broad SMARTS) is 4. The summed E-state index contributed by atoms with van der Waals surface area (Å²) in [6.07, 6.45) is 17.5. The molecule has 0 radical (unpaired) electrons. The first kappa shape index (κ1) is 51.9. The van der Waals surface area contributed by atoms with Crippen LogP contribution < -0.4 is 10.6 Å². The van der Waals surface area contributed by atoms with E-state index in [1.807, 2.05) is 0 Å². The number of ether oxygens (including phenoxy) is 1. The van der Waals surface area contributed by atoms with Gasteiger partial charge in [0.2, 0.25) is 5.91 Å². The van der Waals surface area contributed by atoms with E-state index >= 15 is 0 Å². The number of allylic oxidation sites excluding steroid dienone is 1. The monoisotopic (exact) mass is 890 g/mol. The number of rotatable bonds is 28. The number of carbonyl (C=O) groups excluding carboxylic acids is 2. The first-order valence-corrected chi connectivity index (χ1v) is 23.8. The number of amides is 2. The van der Waals surface area contributed by atoms with E-state index in [1.165, 1.54) is 60.3 Å². The van der Waals surface area contributed by atoms with Gasteiger partial charge in [-0.3, -0.25) is 38.7 Å². The maximum Gasteiger partial charge on any atom is 0.407 e. The summed E-state index contributed by atoms with van der Waals surface area (Å²) < 4.78 is 5.95. The van der Waals surface area contributed by atoms with Crippen LogP contribution in [0.5, 0.6) is 0 Å². The molecule has 4 rings (SSSR count). The van der Waals surface area contributed by atoms with Crippen LogP contribution in [0.2, 0.25) is 0 Å². The van der Waals surface area contributed by atoms with E-state index in [1.54, 1.807) is 0 Å². The van der Waals surface area contributed by atoms with Crippen molar-refractivity contribution >= 4 is 35.9 Å². The number of hydrogen-bond donors (Lipinski definition) is 6. The molecule has 0 saturated heterocycles. The SMILES string of the molecule is CC(C)CCC[C@@H](C)[C@H]1CC[C@H]2[C@@H]3CC=C4C[C@@H](OC(=O)NCCCCCNC(=O)CN(CCN(CCN(CC(=O)O)CC(=O)O)CC(=O)O)CC(=O)O)CC[C@]4(C)[C@H]3CC[C@]12C. The normalized spacial score (nSPS) is 27.0. The fourth-order valence-corrected chi connectivity index (χ4v) is 12.1. The van der Waals surface area contributed by atoms with Crippen molar-refractivity contribution in [2.24, 2.45) is 46.3 Å². The van der Waals surface area contributed by atoms with Crippen molar-refractivity contribution in [1.29, 1.82) is 0 Å². The van der Waals surface area contributed by atoms with Gasteiger partial charge in [-0.25, -0.2) is 4.79 Å². The van der Waals surface area contributed by atoms with E-state index in [0.717, 1.165) is 66.6 Å². The molecule has 63 heavy (non-hydrogen) atoms. The van der Waals surface area contributed by atoms with E-state index in [9.17, 15) is 39.0 Å². The third-order valence-electron chi connectivity index (χ3n) is 15.2. The zero-order valence-electron chi connectivity index (χ0n) is 38.8. The molecule has 0 aromatic rings. The van der Waals surface area contributed by atoms with Crippen LogP contribution in [0.3, 0.4) is 0 Å². The standard InChI is InChI=1S/C47H79N5O11/c1-32(2)10-9-11-33(3)37-14-15-38-36-13-12-34-26-35(16-18-46(34,4)39(36)17-19-47(37,38)5)63-45(62)49-21-8-6-7-20-48-40(53)27-51(29-42(56)57)24-22-50(28-41(54)55)23-25-52(30-43(58)59)31-44(60)61/h12,32-33,35-39H,6-11,13-31H2,1-5H3,(H,48,53)(H,49,62)(H,54,55)(H,56,57)(H,58,59)(H,60,61)/t33-,35+,36+,37-,38+,39+,46+,47-/m1/s1. The second-order valence-corrected chi connectivity index (χ2v) is 20.2. The summed E-state index contributed by atoms with van der Waals surface area (Å²) in [4.78, 5) is 74.8. The predicted molar refractivity (Wildman–Crippen MR) is 238 cm³/mol. The molecule has 0 aliphatic heterocycles. The minimum Gasteiger partial charge on any atom is -0.480 e. The lowest BCUT2D eigenvalue weighted by atomic mass is 9.47. The lowest BCUT2D eigenvalue weighted by Crippen LogP contribution is -2.51. The molecule has 2 amide bonds. The number of hydrogen-bond acceptors (Lipinski definition) is 10. The zero-order chi connectivity index (χ0) is 46.3. The highest BCUT2D eigenvalue weighted by atomic mass is 16.6. The summed E-state index contributed by atoms with van der Waals surface area (Å²) in [7, 11) is 0. The van der Waals surface area contributed by atoms with Crippen LogP contribution in [0.25, 0.3) is 0 Å². The molecule has 0 aromatic carbocycles. The molecular weight excluding hydrogens is 811 g/mol. The molecule has 8 atom stereocenters. The molecular formula is C47H79N5O11. The lowest BCUT2D eigenvalue weighted by molar-refractivity contribution is -0.143. The minimum atomic E-state index is -1.23. The largest absolute Gasteiger partial charge is 0.480 e. The quantitative estimate of drug-likeness (QED) is 0.0412. The van der Waals surface area contributed by atoms with Crippen LogP contribution in [0.4, 0.5) is 4.79 Å². The number of nitrogens with zero attached hydrogens (tertiary/aromatic N) is 3. The predicted octanol–water partition coefficient (Wildman–Crippen LogP) is 5.65. The third-order valence-corrected chi connectivity index (χ3v) is 15.2. The van der Waals surface area contributed by atoms with Crippen molar-refractivity contribution in [2.45, 2.75) is 131 Å². The maximum atomic E-state index is 12.8. The van der Waals surface area contributed by atoms with Gasteiger partial charge >= 0.3 is 30.0 Å². The second kappa shape index (κ2) is 24.5. The van der Waals surface area contributed by atoms with Crippen molar-refractivity contribution in [3.05, 3.63) is 11.6 Å². The summed E-state index contributed by atoms with van der Waals surface area (Å²) >= 11 is 0. The number of aliphatic carboxylic acids is 4. The average Bonchev–Trinajstić information content (AvgIpc) is 3.55. The number of carbonyl (C=O) groups is 6. The molecule has 4 aliphatic rings. The number of nitrogens with one attached hydrogen (secondary N) is 2. The van der Waals surface area contributed by atoms with Crippen molar-refractivity contribution < 1.29 is 53.9 Å². The fourth-order valence-electron chi connectivity index (χ4n) is 12.1. The van der Waals surface area contributed by atoms with Crippen molar-refractivity contribution in [2.75, 3.05) is 72.0 Å². The first-order valence-electron chi connectivity index (χ1n) is 23.8. The van der Waals surface area contributed by atoms with Crippen LogP contribution in [0.1, 0.15) is 125 Å². The van der Waals surface area contributed by atoms with Gasteiger partial charge in [-0.2, -0.15) is 0 Å². The highest BCUT2D eigenvalue weighted by molar-refractivity contribution is 5.79. The molecule has 0 unspecified atom stereocenters. The molecule has 0 aromatic heterocycles. The molecule has 0 bridgehead atoms. The van der Waals surface area contributed by atoms with Crippen LogP contribution in [0.15, 0.2) is 11.6 Å². The van der Waals surface area contributed by atoms with E-state index in [0.29, 0.717) is 37.3 Å². The van der Waals surface area contributed by atoms with Gasteiger partial charge in [-0.1, -0.05) is 65.5 Å². The molecule has 3 saturated carbocycles. The van der Waals surface area contributed by atoms with Crippen molar-refractivity contribution in [3.63, 3.8) is 0 Å².